The van der Waals surface area contributed by atoms with Gasteiger partial charge in [-0.2, -0.15) is 0 Å². The quantitative estimate of drug-likeness (QED) is 0.887. The van der Waals surface area contributed by atoms with Crippen molar-refractivity contribution in [2.45, 2.75) is 6.04 Å². The number of amides is 1. The number of hydrogen-bond acceptors (Lipinski definition) is 5. The van der Waals surface area contributed by atoms with Gasteiger partial charge in [0.15, 0.2) is 11.5 Å². The summed E-state index contributed by atoms with van der Waals surface area (Å²) in [5, 5.41) is 4.65. The summed E-state index contributed by atoms with van der Waals surface area (Å²) in [6.07, 6.45) is 0. The summed E-state index contributed by atoms with van der Waals surface area (Å²) in [6, 6.07) is 8.18. The standard InChI is InChI=1S/C14H16N2O3S/c1-18-10-6-5-9(8-11(10)19-2)16-14(17)13(15)12-4-3-7-20-12/h3-8,13H,15H2,1-2H3,(H,16,17). The van der Waals surface area contributed by atoms with Crippen LogP contribution in [0.1, 0.15) is 10.9 Å². The van der Waals surface area contributed by atoms with Crippen LogP contribution in [0.15, 0.2) is 35.7 Å². The van der Waals surface area contributed by atoms with Crippen LogP contribution < -0.4 is 20.5 Å². The van der Waals surface area contributed by atoms with Crippen molar-refractivity contribution in [1.29, 1.82) is 0 Å². The summed E-state index contributed by atoms with van der Waals surface area (Å²) in [6.45, 7) is 0. The Balaban J connectivity index is 2.11. The average molecular weight is 292 g/mol. The smallest absolute Gasteiger partial charge is 0.246 e. The molecule has 106 valence electrons. The first-order chi connectivity index (χ1) is 9.65. The Morgan fingerprint density at radius 3 is 2.60 bits per heavy atom. The fourth-order valence-electron chi connectivity index (χ4n) is 1.73. The molecule has 0 bridgehead atoms. The molecule has 2 rings (SSSR count). The van der Waals surface area contributed by atoms with E-state index < -0.39 is 6.04 Å². The number of nitrogens with two attached hydrogens (primary N) is 1. The predicted molar refractivity (Wildman–Crippen MR) is 79.4 cm³/mol. The van der Waals surface area contributed by atoms with Gasteiger partial charge in [0.05, 0.1) is 14.2 Å². The SMILES string of the molecule is COc1ccc(NC(=O)C(N)c2cccs2)cc1OC. The molecule has 1 heterocycles. The van der Waals surface area contributed by atoms with Gasteiger partial charge in [0, 0.05) is 16.6 Å². The van der Waals surface area contributed by atoms with Crippen LogP contribution in [0.3, 0.4) is 0 Å². The van der Waals surface area contributed by atoms with E-state index in [0.29, 0.717) is 17.2 Å². The third-order valence-corrected chi connectivity index (χ3v) is 3.74. The summed E-state index contributed by atoms with van der Waals surface area (Å²) in [7, 11) is 3.10. The van der Waals surface area contributed by atoms with Crippen LogP contribution in [0.2, 0.25) is 0 Å². The number of thiophene rings is 1. The third kappa shape index (κ3) is 3.09. The molecular weight excluding hydrogens is 276 g/mol. The second-order valence-corrected chi connectivity index (χ2v) is 5.03. The van der Waals surface area contributed by atoms with Crippen molar-refractivity contribution in [3.8, 4) is 11.5 Å². The van der Waals surface area contributed by atoms with Gasteiger partial charge in [0.25, 0.3) is 0 Å². The van der Waals surface area contributed by atoms with Crippen LogP contribution in [-0.4, -0.2) is 20.1 Å². The molecule has 0 spiro atoms. The molecule has 6 heteroatoms. The number of carbonyl (C=O) groups is 1. The summed E-state index contributed by atoms with van der Waals surface area (Å²) in [4.78, 5) is 12.9. The first-order valence-electron chi connectivity index (χ1n) is 5.97. The Kier molecular flexibility index (Phi) is 4.60. The highest BCUT2D eigenvalue weighted by molar-refractivity contribution is 7.10. The maximum Gasteiger partial charge on any atom is 0.246 e. The average Bonchev–Trinajstić information content (AvgIpc) is 3.00. The van der Waals surface area contributed by atoms with E-state index in [-0.39, 0.29) is 5.91 Å². The van der Waals surface area contributed by atoms with Crippen LogP contribution in [0.4, 0.5) is 5.69 Å². The highest BCUT2D eigenvalue weighted by Crippen LogP contribution is 2.30. The maximum absolute atomic E-state index is 12.1. The first kappa shape index (κ1) is 14.4. The number of anilines is 1. The zero-order chi connectivity index (χ0) is 14.5. The number of carbonyl (C=O) groups excluding carboxylic acids is 1. The predicted octanol–water partition coefficient (Wildman–Crippen LogP) is 2.40. The monoisotopic (exact) mass is 292 g/mol. The minimum absolute atomic E-state index is 0.264. The molecule has 0 saturated carbocycles. The van der Waals surface area contributed by atoms with Crippen LogP contribution in [0, 0.1) is 0 Å². The van der Waals surface area contributed by atoms with Gasteiger partial charge in [0.1, 0.15) is 6.04 Å². The van der Waals surface area contributed by atoms with Gasteiger partial charge in [-0.15, -0.1) is 11.3 Å². The maximum atomic E-state index is 12.1. The molecule has 0 aliphatic carbocycles. The number of methoxy groups -OCH3 is 2. The lowest BCUT2D eigenvalue weighted by molar-refractivity contribution is -0.117. The largest absolute Gasteiger partial charge is 0.493 e. The Morgan fingerprint density at radius 2 is 2.00 bits per heavy atom. The molecule has 0 aliphatic heterocycles. The first-order valence-corrected chi connectivity index (χ1v) is 6.85. The molecule has 0 radical (unpaired) electrons. The van der Waals surface area contributed by atoms with Crippen molar-refractivity contribution in [3.05, 3.63) is 40.6 Å². The Morgan fingerprint density at radius 1 is 1.25 bits per heavy atom. The second-order valence-electron chi connectivity index (χ2n) is 4.05. The molecule has 5 nitrogen and oxygen atoms in total. The van der Waals surface area contributed by atoms with Gasteiger partial charge in [-0.05, 0) is 23.6 Å². The van der Waals surface area contributed by atoms with Crippen LogP contribution >= 0.6 is 11.3 Å². The Hall–Kier alpha value is -2.05. The van der Waals surface area contributed by atoms with E-state index in [0.717, 1.165) is 4.88 Å². The van der Waals surface area contributed by atoms with Gasteiger partial charge < -0.3 is 20.5 Å². The minimum Gasteiger partial charge on any atom is -0.493 e. The van der Waals surface area contributed by atoms with Crippen LogP contribution in [0.25, 0.3) is 0 Å². The van der Waals surface area contributed by atoms with E-state index in [4.69, 9.17) is 15.2 Å². The summed E-state index contributed by atoms with van der Waals surface area (Å²) < 4.78 is 10.3. The molecule has 1 atom stereocenters. The molecule has 2 aromatic rings. The molecule has 0 saturated heterocycles. The van der Waals surface area contributed by atoms with E-state index in [2.05, 4.69) is 5.32 Å². The van der Waals surface area contributed by atoms with E-state index >= 15 is 0 Å². The van der Waals surface area contributed by atoms with E-state index in [1.54, 1.807) is 32.4 Å². The lowest BCUT2D eigenvalue weighted by Crippen LogP contribution is -2.26. The van der Waals surface area contributed by atoms with Gasteiger partial charge in [-0.25, -0.2) is 0 Å². The molecule has 0 aliphatic rings. The van der Waals surface area contributed by atoms with Crippen molar-refractivity contribution in [1.82, 2.24) is 0 Å². The fourth-order valence-corrected chi connectivity index (χ4v) is 2.46. The molecule has 1 amide bonds. The number of nitrogens with one attached hydrogen (secondary N) is 1. The fraction of sp³-hybridized carbons (Fsp3) is 0.214. The van der Waals surface area contributed by atoms with Gasteiger partial charge >= 0.3 is 0 Å². The number of benzene rings is 1. The zero-order valence-electron chi connectivity index (χ0n) is 11.3. The topological polar surface area (TPSA) is 73.6 Å². The lowest BCUT2D eigenvalue weighted by atomic mass is 10.2. The van der Waals surface area contributed by atoms with Crippen molar-refractivity contribution in [2.75, 3.05) is 19.5 Å². The van der Waals surface area contributed by atoms with Crippen molar-refractivity contribution >= 4 is 22.9 Å². The van der Waals surface area contributed by atoms with Crippen LogP contribution in [0.5, 0.6) is 11.5 Å². The van der Waals surface area contributed by atoms with E-state index in [9.17, 15) is 4.79 Å². The van der Waals surface area contributed by atoms with E-state index in [1.165, 1.54) is 11.3 Å². The lowest BCUT2D eigenvalue weighted by Gasteiger charge is -2.13. The molecule has 3 N–H and O–H groups in total. The molecule has 0 fully saturated rings. The minimum atomic E-state index is -0.678. The van der Waals surface area contributed by atoms with Gasteiger partial charge in [-0.1, -0.05) is 6.07 Å². The zero-order valence-corrected chi connectivity index (χ0v) is 12.1. The number of ether oxygens (including phenoxy) is 2. The summed E-state index contributed by atoms with van der Waals surface area (Å²) in [5.74, 6) is 0.891. The van der Waals surface area contributed by atoms with Gasteiger partial charge in [-0.3, -0.25) is 4.79 Å². The molecule has 1 aromatic carbocycles. The highest BCUT2D eigenvalue weighted by atomic mass is 32.1. The van der Waals surface area contributed by atoms with Crippen molar-refractivity contribution in [3.63, 3.8) is 0 Å². The van der Waals surface area contributed by atoms with Gasteiger partial charge in [0.2, 0.25) is 5.91 Å². The molecule has 1 unspecified atom stereocenters. The molecule has 20 heavy (non-hydrogen) atoms. The van der Waals surface area contributed by atoms with E-state index in [1.807, 2.05) is 17.5 Å². The number of hydrogen-bond donors (Lipinski definition) is 2. The van der Waals surface area contributed by atoms with Crippen molar-refractivity contribution in [2.24, 2.45) is 5.73 Å². The highest BCUT2D eigenvalue weighted by Gasteiger charge is 2.17. The molecular formula is C14H16N2O3S. The van der Waals surface area contributed by atoms with Crippen LogP contribution in [-0.2, 0) is 4.79 Å². The Labute approximate surface area is 121 Å². The third-order valence-electron chi connectivity index (χ3n) is 2.78. The molecule has 1 aromatic heterocycles. The second kappa shape index (κ2) is 6.40. The number of rotatable bonds is 5. The summed E-state index contributed by atoms with van der Waals surface area (Å²) >= 11 is 1.45. The summed E-state index contributed by atoms with van der Waals surface area (Å²) in [5.41, 5.74) is 6.51. The normalized spacial score (nSPS) is 11.8. The Bertz CT molecular complexity index is 584. The van der Waals surface area contributed by atoms with Crippen molar-refractivity contribution < 1.29 is 14.3 Å².